The second kappa shape index (κ2) is 12.0. The number of hydrogen-bond donors (Lipinski definition) is 2. The molecule has 0 atom stereocenters. The molecule has 0 fully saturated rings. The van der Waals surface area contributed by atoms with Crippen LogP contribution in [0.2, 0.25) is 0 Å². The van der Waals surface area contributed by atoms with Gasteiger partial charge in [-0.1, -0.05) is 49.0 Å². The molecule has 1 amide bonds. The minimum Gasteiger partial charge on any atom is -0.367 e. The Hall–Kier alpha value is -2.26. The molecule has 2 heterocycles. The summed E-state index contributed by atoms with van der Waals surface area (Å²) >= 11 is 3.26. The van der Waals surface area contributed by atoms with Crippen molar-refractivity contribution in [1.29, 1.82) is 0 Å². The third kappa shape index (κ3) is 7.14. The van der Waals surface area contributed by atoms with Gasteiger partial charge in [0.2, 0.25) is 5.91 Å². The average Bonchev–Trinajstić information content (AvgIpc) is 3.16. The quantitative estimate of drug-likeness (QED) is 0.311. The van der Waals surface area contributed by atoms with E-state index in [1.54, 1.807) is 29.7 Å². The number of aromatic nitrogens is 4. The van der Waals surface area contributed by atoms with E-state index >= 15 is 0 Å². The molecule has 2 N–H and O–H groups in total. The predicted octanol–water partition coefficient (Wildman–Crippen LogP) is 4.20. The number of nitrogens with zero attached hydrogens (tertiary/aromatic N) is 4. The highest BCUT2D eigenvalue weighted by Gasteiger charge is 2.14. The summed E-state index contributed by atoms with van der Waals surface area (Å²) in [6, 6.07) is 10.4. The fraction of sp³-hybridized carbons (Fsp3) is 0.455. The second-order valence-corrected chi connectivity index (χ2v) is 9.48. The second-order valence-electron chi connectivity index (χ2n) is 7.44. The fourth-order valence-corrected chi connectivity index (χ4v) is 4.44. The lowest BCUT2D eigenvalue weighted by Crippen LogP contribution is -2.29. The van der Waals surface area contributed by atoms with E-state index in [0.29, 0.717) is 18.8 Å². The molecule has 0 radical (unpaired) electrons. The Labute approximate surface area is 192 Å². The van der Waals surface area contributed by atoms with Crippen molar-refractivity contribution in [2.75, 3.05) is 23.4 Å². The van der Waals surface area contributed by atoms with Crippen molar-refractivity contribution in [1.82, 2.24) is 25.1 Å². The van der Waals surface area contributed by atoms with Gasteiger partial charge in [-0.2, -0.15) is 5.10 Å². The summed E-state index contributed by atoms with van der Waals surface area (Å²) < 4.78 is 1.84. The van der Waals surface area contributed by atoms with Crippen molar-refractivity contribution < 1.29 is 4.79 Å². The molecule has 0 aliphatic heterocycles. The fourth-order valence-electron chi connectivity index (χ4n) is 2.93. The van der Waals surface area contributed by atoms with Crippen molar-refractivity contribution in [2.24, 2.45) is 0 Å². The SMILES string of the molecule is CCCSc1nc(NC(C)C)c2cnn(CCNC(=O)CSCc3ccccc3)c2n1. The molecule has 0 aliphatic carbocycles. The maximum Gasteiger partial charge on any atom is 0.230 e. The number of nitrogens with one attached hydrogen (secondary N) is 2. The maximum absolute atomic E-state index is 12.2. The Bertz CT molecular complexity index is 977. The number of fused-ring (bicyclic) bond motifs is 1. The van der Waals surface area contributed by atoms with Crippen LogP contribution >= 0.6 is 23.5 Å². The van der Waals surface area contributed by atoms with Gasteiger partial charge in [0.1, 0.15) is 5.82 Å². The van der Waals surface area contributed by atoms with E-state index < -0.39 is 0 Å². The normalized spacial score (nSPS) is 11.2. The van der Waals surface area contributed by atoms with Crippen LogP contribution in [-0.4, -0.2) is 49.7 Å². The molecule has 7 nitrogen and oxygen atoms in total. The molecule has 2 aromatic heterocycles. The Kier molecular flexibility index (Phi) is 9.02. The zero-order chi connectivity index (χ0) is 22.1. The number of rotatable bonds is 12. The predicted molar refractivity (Wildman–Crippen MR) is 131 cm³/mol. The monoisotopic (exact) mass is 458 g/mol. The minimum atomic E-state index is 0.0355. The van der Waals surface area contributed by atoms with Crippen LogP contribution in [0, 0.1) is 0 Å². The molecule has 1 aromatic carbocycles. The zero-order valence-electron chi connectivity index (χ0n) is 18.3. The van der Waals surface area contributed by atoms with Gasteiger partial charge < -0.3 is 10.6 Å². The van der Waals surface area contributed by atoms with Crippen LogP contribution in [-0.2, 0) is 17.1 Å². The summed E-state index contributed by atoms with van der Waals surface area (Å²) in [4.78, 5) is 21.6. The molecule has 31 heavy (non-hydrogen) atoms. The first-order valence-electron chi connectivity index (χ1n) is 10.6. The minimum absolute atomic E-state index is 0.0355. The summed E-state index contributed by atoms with van der Waals surface area (Å²) in [7, 11) is 0. The van der Waals surface area contributed by atoms with E-state index in [4.69, 9.17) is 4.98 Å². The maximum atomic E-state index is 12.2. The number of benzene rings is 1. The first kappa shape index (κ1) is 23.4. The van der Waals surface area contributed by atoms with Crippen LogP contribution in [0.15, 0.2) is 41.7 Å². The third-order valence-electron chi connectivity index (χ3n) is 4.33. The van der Waals surface area contributed by atoms with Gasteiger partial charge in [0.15, 0.2) is 10.8 Å². The lowest BCUT2D eigenvalue weighted by atomic mass is 10.2. The number of amides is 1. The van der Waals surface area contributed by atoms with Gasteiger partial charge in [-0.3, -0.25) is 4.79 Å². The Morgan fingerprint density at radius 2 is 2.00 bits per heavy atom. The third-order valence-corrected chi connectivity index (χ3v) is 6.38. The molecule has 0 unspecified atom stereocenters. The topological polar surface area (TPSA) is 84.7 Å². The molecular weight excluding hydrogens is 428 g/mol. The first-order valence-corrected chi connectivity index (χ1v) is 12.7. The molecule has 0 aliphatic rings. The number of thioether (sulfide) groups is 2. The van der Waals surface area contributed by atoms with Gasteiger partial charge in [-0.25, -0.2) is 14.6 Å². The number of carbonyl (C=O) groups is 1. The van der Waals surface area contributed by atoms with Gasteiger partial charge in [0.25, 0.3) is 0 Å². The van der Waals surface area contributed by atoms with Crippen molar-refractivity contribution in [3.63, 3.8) is 0 Å². The number of anilines is 1. The summed E-state index contributed by atoms with van der Waals surface area (Å²) in [5, 5.41) is 12.5. The van der Waals surface area contributed by atoms with E-state index in [9.17, 15) is 4.79 Å². The van der Waals surface area contributed by atoms with Gasteiger partial charge in [-0.15, -0.1) is 11.8 Å². The Balaban J connectivity index is 1.57. The molecule has 0 saturated heterocycles. The van der Waals surface area contributed by atoms with Gasteiger partial charge >= 0.3 is 0 Å². The summed E-state index contributed by atoms with van der Waals surface area (Å²) in [5.74, 6) is 3.09. The summed E-state index contributed by atoms with van der Waals surface area (Å²) in [5.41, 5.74) is 2.02. The summed E-state index contributed by atoms with van der Waals surface area (Å²) in [6.45, 7) is 7.39. The molecule has 9 heteroatoms. The molecule has 3 aromatic rings. The molecule has 0 spiro atoms. The summed E-state index contributed by atoms with van der Waals surface area (Å²) in [6.07, 6.45) is 2.86. The molecule has 0 saturated carbocycles. The van der Waals surface area contributed by atoms with E-state index in [2.05, 4.69) is 53.6 Å². The lowest BCUT2D eigenvalue weighted by molar-refractivity contribution is -0.118. The lowest BCUT2D eigenvalue weighted by Gasteiger charge is -2.12. The van der Waals surface area contributed by atoms with Gasteiger partial charge in [0.05, 0.1) is 23.9 Å². The molecule has 3 rings (SSSR count). The van der Waals surface area contributed by atoms with E-state index in [0.717, 1.165) is 39.9 Å². The highest BCUT2D eigenvalue weighted by Crippen LogP contribution is 2.25. The average molecular weight is 459 g/mol. The highest BCUT2D eigenvalue weighted by molar-refractivity contribution is 7.99. The molecule has 0 bridgehead atoms. The number of carbonyl (C=O) groups excluding carboxylic acids is 1. The van der Waals surface area contributed by atoms with Crippen LogP contribution in [0.3, 0.4) is 0 Å². The van der Waals surface area contributed by atoms with Crippen molar-refractivity contribution in [3.8, 4) is 0 Å². The smallest absolute Gasteiger partial charge is 0.230 e. The van der Waals surface area contributed by atoms with E-state index in [1.807, 2.05) is 22.9 Å². The number of hydrogen-bond acceptors (Lipinski definition) is 7. The van der Waals surface area contributed by atoms with Crippen LogP contribution in [0.4, 0.5) is 5.82 Å². The van der Waals surface area contributed by atoms with Crippen LogP contribution in [0.1, 0.15) is 32.8 Å². The zero-order valence-corrected chi connectivity index (χ0v) is 19.9. The van der Waals surface area contributed by atoms with Crippen molar-refractivity contribution in [2.45, 2.75) is 50.7 Å². The van der Waals surface area contributed by atoms with Crippen LogP contribution in [0.5, 0.6) is 0 Å². The Morgan fingerprint density at radius 1 is 1.19 bits per heavy atom. The van der Waals surface area contributed by atoms with Crippen molar-refractivity contribution in [3.05, 3.63) is 42.1 Å². The standard InChI is InChI=1S/C22H30N6OS2/c1-4-12-31-22-26-20(25-16(2)3)18-13-24-28(21(18)27-22)11-10-23-19(29)15-30-14-17-8-6-5-7-9-17/h5-9,13,16H,4,10-12,14-15H2,1-3H3,(H,23,29)(H,25,26,27). The van der Waals surface area contributed by atoms with Gasteiger partial charge in [-0.05, 0) is 25.8 Å². The first-order chi connectivity index (χ1) is 15.1. The van der Waals surface area contributed by atoms with Crippen LogP contribution < -0.4 is 10.6 Å². The Morgan fingerprint density at radius 3 is 2.74 bits per heavy atom. The van der Waals surface area contributed by atoms with Crippen molar-refractivity contribution >= 4 is 46.3 Å². The highest BCUT2D eigenvalue weighted by atomic mass is 32.2. The van der Waals surface area contributed by atoms with Crippen LogP contribution in [0.25, 0.3) is 11.0 Å². The van der Waals surface area contributed by atoms with E-state index in [-0.39, 0.29) is 11.9 Å². The largest absolute Gasteiger partial charge is 0.367 e. The molecule has 166 valence electrons. The van der Waals surface area contributed by atoms with Gasteiger partial charge in [0, 0.05) is 24.1 Å². The van der Waals surface area contributed by atoms with E-state index in [1.165, 1.54) is 5.56 Å². The molecular formula is C22H30N6OS2.